The van der Waals surface area contributed by atoms with Crippen LogP contribution in [0.1, 0.15) is 0 Å². The van der Waals surface area contributed by atoms with E-state index in [1.54, 1.807) is 24.3 Å². The van der Waals surface area contributed by atoms with E-state index in [1.165, 1.54) is 0 Å². The lowest BCUT2D eigenvalue weighted by molar-refractivity contribution is 0.475. The van der Waals surface area contributed by atoms with Crippen molar-refractivity contribution in [3.05, 3.63) is 109 Å². The number of fused-ring (bicyclic) bond motifs is 3. The van der Waals surface area contributed by atoms with Crippen LogP contribution >= 0.6 is 0 Å². The number of rotatable bonds is 4. The minimum atomic E-state index is -0.0696. The molecule has 172 valence electrons. The Morgan fingerprint density at radius 3 is 1.28 bits per heavy atom. The third-order valence-electron chi connectivity index (χ3n) is 6.09. The monoisotopic (exact) mass is 468 g/mol. The number of nitrogens with zero attached hydrogens (tertiary/aromatic N) is 4. The second-order valence-corrected chi connectivity index (χ2v) is 8.43. The molecule has 0 radical (unpaired) electrons. The smallest absolute Gasteiger partial charge is 0.143 e. The summed E-state index contributed by atoms with van der Waals surface area (Å²) in [6, 6.07) is 34.1. The molecule has 0 heterocycles. The van der Waals surface area contributed by atoms with Gasteiger partial charge in [-0.15, -0.1) is 10.2 Å². The molecule has 0 amide bonds. The van der Waals surface area contributed by atoms with Gasteiger partial charge in [-0.3, -0.25) is 0 Å². The van der Waals surface area contributed by atoms with Crippen molar-refractivity contribution in [3.63, 3.8) is 0 Å². The topological polar surface area (TPSA) is 89.9 Å². The van der Waals surface area contributed by atoms with E-state index in [1.807, 2.05) is 84.9 Å². The van der Waals surface area contributed by atoms with Crippen LogP contribution in [0.5, 0.6) is 11.5 Å². The SMILES string of the molecule is Oc1ccc2ccc(O)c(N=Nc3ccc4ccccc4c3)c2c1N=Nc1ccc2ccccc2c1. The van der Waals surface area contributed by atoms with Gasteiger partial charge in [0.1, 0.15) is 22.9 Å². The first-order valence-corrected chi connectivity index (χ1v) is 11.4. The number of phenolic OH excluding ortho intramolecular Hbond substituents is 2. The Morgan fingerprint density at radius 1 is 0.389 bits per heavy atom. The number of benzene rings is 6. The van der Waals surface area contributed by atoms with E-state index in [9.17, 15) is 10.2 Å². The van der Waals surface area contributed by atoms with Gasteiger partial charge in [-0.25, -0.2) is 0 Å². The Morgan fingerprint density at radius 2 is 0.806 bits per heavy atom. The first-order valence-electron chi connectivity index (χ1n) is 11.4. The minimum absolute atomic E-state index is 0.0696. The Bertz CT molecular complexity index is 1700. The van der Waals surface area contributed by atoms with Crippen LogP contribution in [0.25, 0.3) is 32.3 Å². The molecule has 0 saturated heterocycles. The van der Waals surface area contributed by atoms with Gasteiger partial charge >= 0.3 is 0 Å². The van der Waals surface area contributed by atoms with Gasteiger partial charge in [0.2, 0.25) is 0 Å². The highest BCUT2D eigenvalue weighted by atomic mass is 16.3. The normalized spacial score (nSPS) is 11.9. The van der Waals surface area contributed by atoms with Gasteiger partial charge < -0.3 is 10.2 Å². The van der Waals surface area contributed by atoms with Crippen LogP contribution in [0.3, 0.4) is 0 Å². The van der Waals surface area contributed by atoms with Crippen LogP contribution in [0.4, 0.5) is 22.7 Å². The molecule has 6 nitrogen and oxygen atoms in total. The van der Waals surface area contributed by atoms with Crippen molar-refractivity contribution >= 4 is 55.1 Å². The molecule has 0 fully saturated rings. The lowest BCUT2D eigenvalue weighted by atomic mass is 10.1. The van der Waals surface area contributed by atoms with Gasteiger partial charge in [0, 0.05) is 5.39 Å². The zero-order chi connectivity index (χ0) is 24.5. The highest BCUT2D eigenvalue weighted by molar-refractivity contribution is 6.05. The zero-order valence-electron chi connectivity index (χ0n) is 19.1. The first-order chi connectivity index (χ1) is 17.7. The van der Waals surface area contributed by atoms with Crippen LogP contribution in [0, 0.1) is 0 Å². The lowest BCUT2D eigenvalue weighted by Gasteiger charge is -2.08. The van der Waals surface area contributed by atoms with Gasteiger partial charge in [0.05, 0.1) is 11.4 Å². The van der Waals surface area contributed by atoms with Crippen LogP contribution in [-0.2, 0) is 0 Å². The maximum Gasteiger partial charge on any atom is 0.143 e. The summed E-state index contributed by atoms with van der Waals surface area (Å²) in [5, 5.41) is 44.3. The molecular weight excluding hydrogens is 448 g/mol. The third-order valence-corrected chi connectivity index (χ3v) is 6.09. The van der Waals surface area contributed by atoms with Crippen LogP contribution in [0.15, 0.2) is 130 Å². The van der Waals surface area contributed by atoms with Crippen molar-refractivity contribution in [2.75, 3.05) is 0 Å². The highest BCUT2D eigenvalue weighted by Crippen LogP contribution is 2.45. The molecule has 0 bridgehead atoms. The Balaban J connectivity index is 1.45. The van der Waals surface area contributed by atoms with Gasteiger partial charge in [-0.2, -0.15) is 10.2 Å². The fourth-order valence-corrected chi connectivity index (χ4v) is 4.26. The van der Waals surface area contributed by atoms with Crippen LogP contribution < -0.4 is 0 Å². The van der Waals surface area contributed by atoms with E-state index in [-0.39, 0.29) is 22.9 Å². The summed E-state index contributed by atoms with van der Waals surface area (Å²) in [5.74, 6) is -0.139. The number of aromatic hydroxyl groups is 2. The molecule has 6 heteroatoms. The fraction of sp³-hybridized carbons (Fsp3) is 0. The minimum Gasteiger partial charge on any atom is -0.506 e. The Hall–Kier alpha value is -5.10. The summed E-state index contributed by atoms with van der Waals surface area (Å²) in [7, 11) is 0. The van der Waals surface area contributed by atoms with Gasteiger partial charge in [-0.05, 0) is 63.3 Å². The third kappa shape index (κ3) is 4.01. The molecule has 6 rings (SSSR count). The highest BCUT2D eigenvalue weighted by Gasteiger charge is 2.15. The molecule has 0 saturated carbocycles. The van der Waals surface area contributed by atoms with Crippen LogP contribution in [-0.4, -0.2) is 10.2 Å². The number of hydrogen-bond acceptors (Lipinski definition) is 6. The molecule has 0 aliphatic heterocycles. The van der Waals surface area contributed by atoms with Crippen molar-refractivity contribution in [1.82, 2.24) is 0 Å². The number of azo groups is 2. The van der Waals surface area contributed by atoms with E-state index in [0.29, 0.717) is 16.8 Å². The molecule has 6 aromatic rings. The molecule has 6 aromatic carbocycles. The van der Waals surface area contributed by atoms with Crippen LogP contribution in [0.2, 0.25) is 0 Å². The maximum absolute atomic E-state index is 10.7. The van der Waals surface area contributed by atoms with Crippen molar-refractivity contribution in [1.29, 1.82) is 0 Å². The molecule has 0 atom stereocenters. The maximum atomic E-state index is 10.7. The van der Waals surface area contributed by atoms with E-state index >= 15 is 0 Å². The second-order valence-electron chi connectivity index (χ2n) is 8.43. The van der Waals surface area contributed by atoms with Gasteiger partial charge in [0.25, 0.3) is 0 Å². The second kappa shape index (κ2) is 8.92. The molecule has 0 aliphatic rings. The lowest BCUT2D eigenvalue weighted by Crippen LogP contribution is -1.79. The predicted octanol–water partition coefficient (Wildman–Crippen LogP) is 9.39. The van der Waals surface area contributed by atoms with Gasteiger partial charge in [-0.1, -0.05) is 72.8 Å². The van der Waals surface area contributed by atoms with Gasteiger partial charge in [0.15, 0.2) is 0 Å². The molecule has 0 spiro atoms. The Kier molecular flexibility index (Phi) is 5.31. The molecule has 2 N–H and O–H groups in total. The number of hydrogen-bond donors (Lipinski definition) is 2. The quantitative estimate of drug-likeness (QED) is 0.252. The van der Waals surface area contributed by atoms with Crippen molar-refractivity contribution in [2.45, 2.75) is 0 Å². The summed E-state index contributed by atoms with van der Waals surface area (Å²) in [6.07, 6.45) is 0. The van der Waals surface area contributed by atoms with Crippen molar-refractivity contribution < 1.29 is 10.2 Å². The molecular formula is C30H20N4O2. The summed E-state index contributed by atoms with van der Waals surface area (Å²) in [6.45, 7) is 0. The average Bonchev–Trinajstić information content (AvgIpc) is 2.92. The van der Waals surface area contributed by atoms with E-state index < -0.39 is 0 Å². The fourth-order valence-electron chi connectivity index (χ4n) is 4.26. The molecule has 0 aliphatic carbocycles. The summed E-state index contributed by atoms with van der Waals surface area (Å²) in [5.41, 5.74) is 1.71. The number of phenols is 2. The largest absolute Gasteiger partial charge is 0.506 e. The first kappa shape index (κ1) is 21.4. The Labute approximate surface area is 206 Å². The summed E-state index contributed by atoms with van der Waals surface area (Å²) >= 11 is 0. The standard InChI is InChI=1S/C30H20N4O2/c35-26-15-11-21-12-16-27(36)30(34-32-25-14-10-20-6-2-4-8-23(20)18-25)28(21)29(26)33-31-24-13-9-19-5-1-3-7-22(19)17-24/h1-18,35-36H. The summed E-state index contributed by atoms with van der Waals surface area (Å²) in [4.78, 5) is 0. The van der Waals surface area contributed by atoms with Crippen molar-refractivity contribution in [3.8, 4) is 11.5 Å². The van der Waals surface area contributed by atoms with E-state index in [4.69, 9.17) is 0 Å². The zero-order valence-corrected chi connectivity index (χ0v) is 19.1. The van der Waals surface area contributed by atoms with E-state index in [2.05, 4.69) is 20.5 Å². The van der Waals surface area contributed by atoms with E-state index in [0.717, 1.165) is 26.9 Å². The average molecular weight is 469 g/mol. The predicted molar refractivity (Wildman–Crippen MR) is 144 cm³/mol. The molecule has 0 aromatic heterocycles. The van der Waals surface area contributed by atoms with Crippen molar-refractivity contribution in [2.24, 2.45) is 20.5 Å². The molecule has 0 unspecified atom stereocenters. The molecule has 36 heavy (non-hydrogen) atoms. The summed E-state index contributed by atoms with van der Waals surface area (Å²) < 4.78 is 0.